The average molecular weight is 622 g/mol. The Morgan fingerprint density at radius 1 is 0.833 bits per heavy atom. The molecular formula is C32H64NO8P. The van der Waals surface area contributed by atoms with Crippen LogP contribution in [0.3, 0.4) is 0 Å². The smallest absolute Gasteiger partial charge is 0.457 e. The minimum Gasteiger partial charge on any atom is -0.457 e. The normalized spacial score (nSPS) is 14.8. The number of ketones is 1. The largest absolute Gasteiger partial charge is 0.472 e. The van der Waals surface area contributed by atoms with E-state index in [-0.39, 0.29) is 24.7 Å². The van der Waals surface area contributed by atoms with Crippen LogP contribution in [-0.4, -0.2) is 54.7 Å². The minimum absolute atomic E-state index is 0.00461. The zero-order valence-corrected chi connectivity index (χ0v) is 28.4. The van der Waals surface area contributed by atoms with Crippen LogP contribution in [0.5, 0.6) is 0 Å². The van der Waals surface area contributed by atoms with Crippen LogP contribution in [0.15, 0.2) is 0 Å². The molecule has 0 fully saturated rings. The van der Waals surface area contributed by atoms with Crippen molar-refractivity contribution in [1.29, 1.82) is 0 Å². The first-order valence-corrected chi connectivity index (χ1v) is 18.1. The summed E-state index contributed by atoms with van der Waals surface area (Å²) in [7, 11) is -4.45. The second-order valence-electron chi connectivity index (χ2n) is 12.3. The lowest BCUT2D eigenvalue weighted by Crippen LogP contribution is -2.34. The van der Waals surface area contributed by atoms with Crippen molar-refractivity contribution in [3.8, 4) is 0 Å². The molecule has 0 spiro atoms. The Morgan fingerprint density at radius 3 is 1.76 bits per heavy atom. The van der Waals surface area contributed by atoms with Gasteiger partial charge < -0.3 is 20.1 Å². The number of hydrogen-bond acceptors (Lipinski definition) is 8. The van der Waals surface area contributed by atoms with Crippen molar-refractivity contribution in [3.63, 3.8) is 0 Å². The molecule has 0 saturated carbocycles. The molecule has 0 aliphatic carbocycles. The molecule has 0 amide bonds. The number of rotatable bonds is 30. The third-order valence-electron chi connectivity index (χ3n) is 7.70. The molecule has 0 bridgehead atoms. The van der Waals surface area contributed by atoms with Crippen molar-refractivity contribution in [3.05, 3.63) is 0 Å². The van der Waals surface area contributed by atoms with Crippen molar-refractivity contribution >= 4 is 19.6 Å². The molecule has 9 nitrogen and oxygen atoms in total. The summed E-state index contributed by atoms with van der Waals surface area (Å²) < 4.78 is 34.1. The number of nitrogens with two attached hydrogens (primary N) is 1. The number of ether oxygens (including phenoxy) is 2. The van der Waals surface area contributed by atoms with Gasteiger partial charge in [-0.1, -0.05) is 110 Å². The summed E-state index contributed by atoms with van der Waals surface area (Å²) in [5, 5.41) is 0. The Hall–Kier alpha value is -0.830. The van der Waals surface area contributed by atoms with E-state index in [0.717, 1.165) is 19.3 Å². The second kappa shape index (κ2) is 25.5. The molecular weight excluding hydrogens is 557 g/mol. The Bertz CT molecular complexity index is 733. The van der Waals surface area contributed by atoms with E-state index in [2.05, 4.69) is 6.92 Å². The molecule has 0 aromatic heterocycles. The quantitative estimate of drug-likeness (QED) is 0.0353. The summed E-state index contributed by atoms with van der Waals surface area (Å²) in [4.78, 5) is 33.6. The van der Waals surface area contributed by atoms with Crippen molar-refractivity contribution < 1.29 is 37.6 Å². The molecule has 0 aliphatic heterocycles. The highest BCUT2D eigenvalue weighted by Crippen LogP contribution is 2.49. The van der Waals surface area contributed by atoms with Crippen LogP contribution >= 0.6 is 7.82 Å². The van der Waals surface area contributed by atoms with E-state index in [1.165, 1.54) is 90.4 Å². The lowest BCUT2D eigenvalue weighted by molar-refractivity contribution is -0.156. The average Bonchev–Trinajstić information content (AvgIpc) is 2.90. The van der Waals surface area contributed by atoms with E-state index in [0.29, 0.717) is 19.6 Å². The molecule has 0 rings (SSSR count). The van der Waals surface area contributed by atoms with Crippen LogP contribution in [-0.2, 0) is 32.7 Å². The van der Waals surface area contributed by atoms with Crippen LogP contribution < -0.4 is 5.73 Å². The number of Topliss-reactive ketones (excluding diaryl/α,β-unsaturated/α-hetero) is 1. The maximum absolute atomic E-state index is 12.6. The fourth-order valence-electron chi connectivity index (χ4n) is 4.70. The maximum atomic E-state index is 12.6. The van der Waals surface area contributed by atoms with Crippen LogP contribution in [0.25, 0.3) is 0 Å². The van der Waals surface area contributed by atoms with Gasteiger partial charge >= 0.3 is 13.8 Å². The highest BCUT2D eigenvalue weighted by Gasteiger charge is 2.36. The molecule has 250 valence electrons. The fourth-order valence-corrected chi connectivity index (χ4v) is 5.88. The van der Waals surface area contributed by atoms with Gasteiger partial charge in [-0.05, 0) is 46.1 Å². The zero-order valence-electron chi connectivity index (χ0n) is 27.5. The lowest BCUT2D eigenvalue weighted by Gasteiger charge is -2.33. The first-order valence-electron chi connectivity index (χ1n) is 16.6. The number of esters is 1. The highest BCUT2D eigenvalue weighted by molar-refractivity contribution is 7.47. The van der Waals surface area contributed by atoms with E-state index >= 15 is 0 Å². The number of carbonyl (C=O) groups is 2. The lowest BCUT2D eigenvalue weighted by atomic mass is 9.90. The maximum Gasteiger partial charge on any atom is 0.472 e. The number of phosphoric acid groups is 1. The first kappa shape index (κ1) is 41.2. The summed E-state index contributed by atoms with van der Waals surface area (Å²) in [6.45, 7) is 9.35. The van der Waals surface area contributed by atoms with E-state index in [1.807, 2.05) is 6.92 Å². The van der Waals surface area contributed by atoms with Gasteiger partial charge in [-0.15, -0.1) is 0 Å². The topological polar surface area (TPSA) is 134 Å². The van der Waals surface area contributed by atoms with Gasteiger partial charge in [0.25, 0.3) is 0 Å². The standard InChI is InChI=1S/C32H64NO8P/c1-6-7-8-9-10-11-12-13-14-15-16-17-18-19-20-21-24-38-26-30(40-31(35)25-29(3)34)27-39-42(36,37)41-32(4,5)28(2)22-23-33/h28,30H,6-27,33H2,1-5H3,(H,36,37). The van der Waals surface area contributed by atoms with Crippen molar-refractivity contribution in [2.45, 2.75) is 162 Å². The van der Waals surface area contributed by atoms with E-state index < -0.39 is 32.1 Å². The summed E-state index contributed by atoms with van der Waals surface area (Å²) in [5.41, 5.74) is 4.65. The van der Waals surface area contributed by atoms with Gasteiger partial charge in [-0.2, -0.15) is 0 Å². The van der Waals surface area contributed by atoms with Crippen LogP contribution in [0.2, 0.25) is 0 Å². The van der Waals surface area contributed by atoms with Gasteiger partial charge in [0.1, 0.15) is 18.3 Å². The first-order chi connectivity index (χ1) is 19.9. The molecule has 0 aromatic carbocycles. The Kier molecular flexibility index (Phi) is 25.0. The van der Waals surface area contributed by atoms with E-state index in [1.54, 1.807) is 13.8 Å². The number of hydrogen-bond donors (Lipinski definition) is 2. The fraction of sp³-hybridized carbons (Fsp3) is 0.938. The number of unbranched alkanes of at least 4 members (excludes halogenated alkanes) is 15. The van der Waals surface area contributed by atoms with Gasteiger partial charge in [0, 0.05) is 6.61 Å². The Morgan fingerprint density at radius 2 is 1.31 bits per heavy atom. The summed E-state index contributed by atoms with van der Waals surface area (Å²) in [6.07, 6.45) is 19.9. The second-order valence-corrected chi connectivity index (χ2v) is 13.7. The molecule has 42 heavy (non-hydrogen) atoms. The van der Waals surface area contributed by atoms with E-state index in [9.17, 15) is 19.0 Å². The zero-order chi connectivity index (χ0) is 31.7. The van der Waals surface area contributed by atoms with Crippen molar-refractivity contribution in [2.24, 2.45) is 11.7 Å². The number of carbonyl (C=O) groups excluding carboxylic acids is 2. The molecule has 0 saturated heterocycles. The van der Waals surface area contributed by atoms with E-state index in [4.69, 9.17) is 24.3 Å². The Labute approximate surface area is 257 Å². The SMILES string of the molecule is CCCCCCCCCCCCCCCCCCOCC(COP(=O)(O)OC(C)(C)C(C)CCN)OC(=O)CC(C)=O. The predicted molar refractivity (Wildman–Crippen MR) is 169 cm³/mol. The minimum atomic E-state index is -4.45. The Balaban J connectivity index is 4.18. The van der Waals surface area contributed by atoms with Gasteiger partial charge in [0.05, 0.1) is 18.8 Å². The van der Waals surface area contributed by atoms with Gasteiger partial charge in [-0.25, -0.2) is 4.57 Å². The molecule has 3 atom stereocenters. The molecule has 0 radical (unpaired) electrons. The molecule has 3 unspecified atom stereocenters. The van der Waals surface area contributed by atoms with Crippen molar-refractivity contribution in [1.82, 2.24) is 0 Å². The van der Waals surface area contributed by atoms with Crippen molar-refractivity contribution in [2.75, 3.05) is 26.4 Å². The van der Waals surface area contributed by atoms with Gasteiger partial charge in [-0.3, -0.25) is 18.6 Å². The third kappa shape index (κ3) is 24.6. The van der Waals surface area contributed by atoms with Gasteiger partial charge in [0.2, 0.25) is 0 Å². The monoisotopic (exact) mass is 621 g/mol. The summed E-state index contributed by atoms with van der Waals surface area (Å²) in [6, 6.07) is 0. The molecule has 0 aromatic rings. The third-order valence-corrected chi connectivity index (χ3v) is 8.87. The molecule has 3 N–H and O–H groups in total. The predicted octanol–water partition coefficient (Wildman–Crippen LogP) is 8.05. The molecule has 0 aliphatic rings. The molecule has 0 heterocycles. The van der Waals surface area contributed by atoms with Crippen LogP contribution in [0.4, 0.5) is 0 Å². The number of phosphoric ester groups is 1. The van der Waals surface area contributed by atoms with Gasteiger partial charge in [0.15, 0.2) is 0 Å². The van der Waals surface area contributed by atoms with Crippen LogP contribution in [0.1, 0.15) is 150 Å². The van der Waals surface area contributed by atoms with Crippen LogP contribution in [0, 0.1) is 5.92 Å². The highest BCUT2D eigenvalue weighted by atomic mass is 31.2. The molecule has 10 heteroatoms. The summed E-state index contributed by atoms with van der Waals surface area (Å²) >= 11 is 0. The summed E-state index contributed by atoms with van der Waals surface area (Å²) in [5.74, 6) is -1.15.